The first kappa shape index (κ1) is 18.0. The van der Waals surface area contributed by atoms with Gasteiger partial charge in [-0.3, -0.25) is 4.79 Å². The van der Waals surface area contributed by atoms with E-state index in [2.05, 4.69) is 31.9 Å². The molecule has 0 aromatic heterocycles. The van der Waals surface area contributed by atoms with Gasteiger partial charge in [-0.2, -0.15) is 0 Å². The largest absolute Gasteiger partial charge is 0.508 e. The summed E-state index contributed by atoms with van der Waals surface area (Å²) in [5, 5.41) is 18.4. The summed E-state index contributed by atoms with van der Waals surface area (Å²) in [6.45, 7) is 3.59. The van der Waals surface area contributed by atoms with Crippen LogP contribution in [0, 0.1) is 6.92 Å². The molecule has 0 fully saturated rings. The van der Waals surface area contributed by atoms with E-state index in [0.29, 0.717) is 22.5 Å². The number of nitrogens with one attached hydrogen (secondary N) is 3. The van der Waals surface area contributed by atoms with Crippen LogP contribution in [0.3, 0.4) is 0 Å². The molecule has 7 heteroatoms. The molecule has 134 valence electrons. The number of aryl methyl sites for hydroxylation is 1. The fourth-order valence-corrected chi connectivity index (χ4v) is 3.28. The summed E-state index contributed by atoms with van der Waals surface area (Å²) in [7, 11) is 0. The maximum atomic E-state index is 12.9. The first-order chi connectivity index (χ1) is 12.3. The Hall–Kier alpha value is -2.80. The minimum absolute atomic E-state index is 0.00550. The number of rotatable bonds is 3. The van der Waals surface area contributed by atoms with E-state index >= 15 is 0 Å². The zero-order chi connectivity index (χ0) is 18.8. The number of allylic oxidation sites excluding steroid dienone is 1. The molecule has 3 rings (SSSR count). The molecule has 0 saturated carbocycles. The molecule has 4 N–H and O–H groups in total. The third-order valence-electron chi connectivity index (χ3n) is 4.09. The van der Waals surface area contributed by atoms with E-state index in [4.69, 9.17) is 0 Å². The molecule has 1 aliphatic heterocycles. The molecule has 2 aromatic carbocycles. The summed E-state index contributed by atoms with van der Waals surface area (Å²) in [5.41, 5.74) is 2.87. The Kier molecular flexibility index (Phi) is 4.99. The smallest absolute Gasteiger partial charge is 0.319 e. The highest BCUT2D eigenvalue weighted by Gasteiger charge is 2.32. The van der Waals surface area contributed by atoms with Crippen LogP contribution >= 0.6 is 15.9 Å². The van der Waals surface area contributed by atoms with Gasteiger partial charge in [0.15, 0.2) is 0 Å². The van der Waals surface area contributed by atoms with Crippen molar-refractivity contribution in [2.24, 2.45) is 0 Å². The summed E-state index contributed by atoms with van der Waals surface area (Å²) in [6.07, 6.45) is 0. The maximum Gasteiger partial charge on any atom is 0.319 e. The molecule has 6 nitrogen and oxygen atoms in total. The predicted molar refractivity (Wildman–Crippen MR) is 103 cm³/mol. The number of carbonyl (C=O) groups excluding carboxylic acids is 2. The van der Waals surface area contributed by atoms with E-state index in [1.807, 2.05) is 25.1 Å². The van der Waals surface area contributed by atoms with Crippen molar-refractivity contribution in [3.05, 3.63) is 69.3 Å². The highest BCUT2D eigenvalue weighted by molar-refractivity contribution is 9.10. The molecule has 1 heterocycles. The molecule has 26 heavy (non-hydrogen) atoms. The van der Waals surface area contributed by atoms with Crippen molar-refractivity contribution in [2.45, 2.75) is 19.9 Å². The topological polar surface area (TPSA) is 90.5 Å². The van der Waals surface area contributed by atoms with Gasteiger partial charge in [0.05, 0.1) is 11.6 Å². The van der Waals surface area contributed by atoms with Gasteiger partial charge in [-0.05, 0) is 49.7 Å². The molecule has 0 bridgehead atoms. The molecule has 1 atom stereocenters. The van der Waals surface area contributed by atoms with E-state index in [1.54, 1.807) is 25.1 Å². The first-order valence-electron chi connectivity index (χ1n) is 8.00. The van der Waals surface area contributed by atoms with Gasteiger partial charge in [0.25, 0.3) is 5.91 Å². The van der Waals surface area contributed by atoms with E-state index in [-0.39, 0.29) is 11.7 Å². The van der Waals surface area contributed by atoms with E-state index < -0.39 is 12.1 Å². The highest BCUT2D eigenvalue weighted by atomic mass is 79.9. The van der Waals surface area contributed by atoms with Crippen LogP contribution in [-0.2, 0) is 4.79 Å². The molecule has 2 aromatic rings. The van der Waals surface area contributed by atoms with E-state index in [9.17, 15) is 14.7 Å². The Bertz CT molecular complexity index is 924. The van der Waals surface area contributed by atoms with Crippen molar-refractivity contribution in [3.8, 4) is 5.75 Å². The highest BCUT2D eigenvalue weighted by Crippen LogP contribution is 2.34. The number of amides is 3. The van der Waals surface area contributed by atoms with Crippen molar-refractivity contribution in [1.82, 2.24) is 10.6 Å². The second-order valence-corrected chi connectivity index (χ2v) is 7.01. The molecular formula is C19H18BrN3O3. The summed E-state index contributed by atoms with van der Waals surface area (Å²) in [5.74, 6) is -0.362. The third kappa shape index (κ3) is 3.72. The Morgan fingerprint density at radius 2 is 1.96 bits per heavy atom. The Labute approximate surface area is 159 Å². The van der Waals surface area contributed by atoms with Crippen LogP contribution in [0.5, 0.6) is 5.75 Å². The summed E-state index contributed by atoms with van der Waals surface area (Å²) < 4.78 is 0.731. The van der Waals surface area contributed by atoms with Gasteiger partial charge in [-0.25, -0.2) is 4.79 Å². The zero-order valence-electron chi connectivity index (χ0n) is 14.3. The lowest BCUT2D eigenvalue weighted by atomic mass is 9.94. The predicted octanol–water partition coefficient (Wildman–Crippen LogP) is 3.73. The molecule has 1 aliphatic rings. The lowest BCUT2D eigenvalue weighted by Gasteiger charge is -2.29. The number of aromatic hydroxyl groups is 1. The van der Waals surface area contributed by atoms with Gasteiger partial charge >= 0.3 is 6.03 Å². The van der Waals surface area contributed by atoms with Crippen LogP contribution in [0.1, 0.15) is 24.1 Å². The number of carbonyl (C=O) groups is 2. The standard InChI is InChI=1S/C19H18BrN3O3/c1-10-4-3-5-13(8-10)22-18(25)16-11(2)21-19(26)23-17(16)14-9-12(20)6-7-15(14)24/h3-9,17,24H,1-2H3,(H,22,25)(H2,21,23,26)/t17-/m1/s1. The number of urea groups is 1. The van der Waals surface area contributed by atoms with E-state index in [0.717, 1.165) is 10.0 Å². The van der Waals surface area contributed by atoms with Crippen LogP contribution < -0.4 is 16.0 Å². The lowest BCUT2D eigenvalue weighted by molar-refractivity contribution is -0.113. The minimum atomic E-state index is -0.772. The molecular weight excluding hydrogens is 398 g/mol. The van der Waals surface area contributed by atoms with Gasteiger partial charge in [0.2, 0.25) is 0 Å². The number of anilines is 1. The minimum Gasteiger partial charge on any atom is -0.508 e. The Morgan fingerprint density at radius 1 is 1.19 bits per heavy atom. The number of hydrogen-bond acceptors (Lipinski definition) is 3. The molecule has 0 spiro atoms. The van der Waals surface area contributed by atoms with Crippen LogP contribution in [0.25, 0.3) is 0 Å². The molecule has 0 radical (unpaired) electrons. The number of phenols is 1. The fraction of sp³-hybridized carbons (Fsp3) is 0.158. The summed E-state index contributed by atoms with van der Waals surface area (Å²) in [6, 6.07) is 11.1. The maximum absolute atomic E-state index is 12.9. The second-order valence-electron chi connectivity index (χ2n) is 6.10. The number of hydrogen-bond donors (Lipinski definition) is 4. The van der Waals surface area contributed by atoms with Crippen molar-refractivity contribution in [1.29, 1.82) is 0 Å². The number of halogens is 1. The average Bonchev–Trinajstić information content (AvgIpc) is 2.56. The Morgan fingerprint density at radius 3 is 2.69 bits per heavy atom. The van der Waals surface area contributed by atoms with Crippen molar-refractivity contribution < 1.29 is 14.7 Å². The number of phenolic OH excluding ortho intramolecular Hbond substituents is 1. The SMILES string of the molecule is CC1=C(C(=O)Nc2cccc(C)c2)[C@@H](c2cc(Br)ccc2O)NC(=O)N1. The fourth-order valence-electron chi connectivity index (χ4n) is 2.91. The monoisotopic (exact) mass is 415 g/mol. The van der Waals surface area contributed by atoms with Crippen molar-refractivity contribution in [3.63, 3.8) is 0 Å². The second kappa shape index (κ2) is 7.21. The zero-order valence-corrected chi connectivity index (χ0v) is 15.8. The molecule has 3 amide bonds. The van der Waals surface area contributed by atoms with Gasteiger partial charge in [-0.1, -0.05) is 28.1 Å². The molecule has 0 saturated heterocycles. The van der Waals surface area contributed by atoms with Gasteiger partial charge in [0.1, 0.15) is 5.75 Å². The van der Waals surface area contributed by atoms with Crippen LogP contribution in [0.15, 0.2) is 58.2 Å². The van der Waals surface area contributed by atoms with Crippen LogP contribution in [0.2, 0.25) is 0 Å². The van der Waals surface area contributed by atoms with Gasteiger partial charge < -0.3 is 21.1 Å². The van der Waals surface area contributed by atoms with Crippen LogP contribution in [0.4, 0.5) is 10.5 Å². The van der Waals surface area contributed by atoms with Crippen molar-refractivity contribution in [2.75, 3.05) is 5.32 Å². The molecule has 0 unspecified atom stereocenters. The Balaban J connectivity index is 2.00. The normalized spacial score (nSPS) is 16.7. The lowest BCUT2D eigenvalue weighted by Crippen LogP contribution is -2.46. The number of benzene rings is 2. The van der Waals surface area contributed by atoms with Crippen molar-refractivity contribution >= 4 is 33.6 Å². The molecule has 0 aliphatic carbocycles. The summed E-state index contributed by atoms with van der Waals surface area (Å²) >= 11 is 3.36. The van der Waals surface area contributed by atoms with E-state index in [1.165, 1.54) is 6.07 Å². The van der Waals surface area contributed by atoms with Gasteiger partial charge in [-0.15, -0.1) is 0 Å². The quantitative estimate of drug-likeness (QED) is 0.615. The van der Waals surface area contributed by atoms with Gasteiger partial charge in [0, 0.05) is 21.4 Å². The summed E-state index contributed by atoms with van der Waals surface area (Å²) in [4.78, 5) is 24.9. The average molecular weight is 416 g/mol. The first-order valence-corrected chi connectivity index (χ1v) is 8.79. The van der Waals surface area contributed by atoms with Crippen LogP contribution in [-0.4, -0.2) is 17.0 Å². The third-order valence-corrected chi connectivity index (χ3v) is 4.58.